The van der Waals surface area contributed by atoms with Gasteiger partial charge in [0, 0.05) is 39.9 Å². The maximum absolute atomic E-state index is 12.6. The van der Waals surface area contributed by atoms with E-state index < -0.39 is 0 Å². The molecule has 2 aromatic carbocycles. The summed E-state index contributed by atoms with van der Waals surface area (Å²) in [4.78, 5) is 16.9. The van der Waals surface area contributed by atoms with Crippen LogP contribution < -0.4 is 14.8 Å². The molecule has 0 aliphatic heterocycles. The Hall–Kier alpha value is -4.06. The lowest BCUT2D eigenvalue weighted by Crippen LogP contribution is -2.10. The van der Waals surface area contributed by atoms with E-state index in [0.29, 0.717) is 17.2 Å². The third-order valence-electron chi connectivity index (χ3n) is 5.20. The van der Waals surface area contributed by atoms with Crippen LogP contribution in [0.2, 0.25) is 0 Å². The minimum atomic E-state index is -0.264. The van der Waals surface area contributed by atoms with Gasteiger partial charge >= 0.3 is 0 Å². The van der Waals surface area contributed by atoms with Crippen molar-refractivity contribution >= 4 is 28.3 Å². The number of pyridine rings is 1. The molecule has 0 saturated heterocycles. The van der Waals surface area contributed by atoms with Gasteiger partial charge in [0.2, 0.25) is 5.91 Å². The van der Waals surface area contributed by atoms with Crippen molar-refractivity contribution in [3.63, 3.8) is 0 Å². The Morgan fingerprint density at radius 2 is 1.78 bits per heavy atom. The second-order valence-corrected chi connectivity index (χ2v) is 7.38. The van der Waals surface area contributed by atoms with Gasteiger partial charge in [-0.15, -0.1) is 0 Å². The molecule has 0 unspecified atom stereocenters. The number of methoxy groups -OCH3 is 2. The Labute approximate surface area is 186 Å². The molecular formula is C26H24N2O4. The second-order valence-electron chi connectivity index (χ2n) is 7.38. The zero-order chi connectivity index (χ0) is 22.7. The number of furan rings is 1. The number of allylic oxidation sites excluding steroid dienone is 1. The summed E-state index contributed by atoms with van der Waals surface area (Å²) in [5.74, 6) is 1.62. The molecule has 0 aliphatic rings. The van der Waals surface area contributed by atoms with Crippen LogP contribution in [-0.2, 0) is 4.79 Å². The van der Waals surface area contributed by atoms with Crippen LogP contribution in [0, 0.1) is 6.92 Å². The molecule has 0 saturated carbocycles. The highest BCUT2D eigenvalue weighted by Gasteiger charge is 2.17. The van der Waals surface area contributed by atoms with Gasteiger partial charge in [-0.05, 0) is 43.7 Å². The first-order valence-electron chi connectivity index (χ1n) is 10.2. The molecule has 4 aromatic rings. The maximum Gasteiger partial charge on any atom is 0.249 e. The molecule has 6 heteroatoms. The van der Waals surface area contributed by atoms with Gasteiger partial charge in [0.15, 0.2) is 0 Å². The number of hydrogen-bond donors (Lipinski definition) is 1. The van der Waals surface area contributed by atoms with Crippen molar-refractivity contribution in [2.75, 3.05) is 19.5 Å². The summed E-state index contributed by atoms with van der Waals surface area (Å²) >= 11 is 0. The largest absolute Gasteiger partial charge is 0.496 e. The predicted molar refractivity (Wildman–Crippen MR) is 126 cm³/mol. The second kappa shape index (κ2) is 8.98. The first-order valence-corrected chi connectivity index (χ1v) is 10.2. The molecule has 162 valence electrons. The first kappa shape index (κ1) is 21.2. The SMILES string of the molecule is COc1cc2occ(-c3ccccc3OC)c2cc1/C(C)=C/C(=O)Nc1cccc(C)n1. The molecule has 1 amide bonds. The summed E-state index contributed by atoms with van der Waals surface area (Å²) in [6, 6.07) is 17.1. The number of anilines is 1. The van der Waals surface area contributed by atoms with Gasteiger partial charge in [0.05, 0.1) is 20.5 Å². The van der Waals surface area contributed by atoms with Crippen molar-refractivity contribution in [1.82, 2.24) is 4.98 Å². The van der Waals surface area contributed by atoms with Crippen molar-refractivity contribution in [3.8, 4) is 22.6 Å². The van der Waals surface area contributed by atoms with Gasteiger partial charge in [-0.25, -0.2) is 4.98 Å². The normalized spacial score (nSPS) is 11.4. The highest BCUT2D eigenvalue weighted by atomic mass is 16.5. The number of benzene rings is 2. The molecule has 0 spiro atoms. The fourth-order valence-corrected chi connectivity index (χ4v) is 3.66. The number of ether oxygens (including phenoxy) is 2. The molecule has 2 heterocycles. The van der Waals surface area contributed by atoms with Crippen molar-refractivity contribution in [1.29, 1.82) is 0 Å². The Morgan fingerprint density at radius 3 is 2.53 bits per heavy atom. The number of hydrogen-bond acceptors (Lipinski definition) is 5. The number of carbonyl (C=O) groups excluding carboxylic acids is 1. The van der Waals surface area contributed by atoms with Gasteiger partial charge in [-0.3, -0.25) is 4.79 Å². The van der Waals surface area contributed by atoms with Crippen LogP contribution in [-0.4, -0.2) is 25.1 Å². The standard InChI is InChI=1S/C26H24N2O4/c1-16(12-26(29)28-25-11-7-8-17(2)27-25)19-13-20-21(15-32-24(20)14-23(19)31-4)18-9-5-6-10-22(18)30-3/h5-15H,1-4H3,(H,27,28,29)/b16-12+. The van der Waals surface area contributed by atoms with Gasteiger partial charge in [0.25, 0.3) is 0 Å². The zero-order valence-electron chi connectivity index (χ0n) is 18.4. The predicted octanol–water partition coefficient (Wildman–Crippen LogP) is 5.86. The zero-order valence-corrected chi connectivity index (χ0v) is 18.4. The van der Waals surface area contributed by atoms with Crippen LogP contribution in [0.4, 0.5) is 5.82 Å². The molecule has 2 aromatic heterocycles. The lowest BCUT2D eigenvalue weighted by Gasteiger charge is -2.11. The Balaban J connectivity index is 1.74. The first-order chi connectivity index (χ1) is 15.5. The molecule has 4 rings (SSSR count). The van der Waals surface area contributed by atoms with Crippen molar-refractivity contribution in [2.45, 2.75) is 13.8 Å². The van der Waals surface area contributed by atoms with Crippen molar-refractivity contribution < 1.29 is 18.7 Å². The molecule has 0 atom stereocenters. The number of aromatic nitrogens is 1. The Kier molecular flexibility index (Phi) is 5.94. The van der Waals surface area contributed by atoms with E-state index in [1.54, 1.807) is 26.5 Å². The van der Waals surface area contributed by atoms with E-state index in [1.165, 1.54) is 6.08 Å². The monoisotopic (exact) mass is 428 g/mol. The number of amides is 1. The molecule has 1 N–H and O–H groups in total. The summed E-state index contributed by atoms with van der Waals surface area (Å²) in [6.07, 6.45) is 3.25. The number of para-hydroxylation sites is 1. The van der Waals surface area contributed by atoms with E-state index in [2.05, 4.69) is 10.3 Å². The third-order valence-corrected chi connectivity index (χ3v) is 5.20. The summed E-state index contributed by atoms with van der Waals surface area (Å²) < 4.78 is 16.9. The van der Waals surface area contributed by atoms with Crippen LogP contribution >= 0.6 is 0 Å². The average Bonchev–Trinajstić information content (AvgIpc) is 3.20. The van der Waals surface area contributed by atoms with E-state index in [4.69, 9.17) is 13.9 Å². The minimum absolute atomic E-state index is 0.264. The van der Waals surface area contributed by atoms with Crippen molar-refractivity contribution in [2.24, 2.45) is 0 Å². The van der Waals surface area contributed by atoms with Crippen LogP contribution in [0.5, 0.6) is 11.5 Å². The number of rotatable bonds is 6. The fourth-order valence-electron chi connectivity index (χ4n) is 3.66. The summed E-state index contributed by atoms with van der Waals surface area (Å²) in [5.41, 5.74) is 4.90. The van der Waals surface area contributed by atoms with Gasteiger partial charge < -0.3 is 19.2 Å². The maximum atomic E-state index is 12.6. The number of nitrogens with one attached hydrogen (secondary N) is 1. The molecule has 0 aliphatic carbocycles. The lowest BCUT2D eigenvalue weighted by molar-refractivity contribution is -0.111. The summed E-state index contributed by atoms with van der Waals surface area (Å²) in [5, 5.41) is 3.70. The van der Waals surface area contributed by atoms with Gasteiger partial charge in [-0.1, -0.05) is 24.3 Å². The van der Waals surface area contributed by atoms with Crippen LogP contribution in [0.15, 0.2) is 71.4 Å². The number of nitrogens with zero attached hydrogens (tertiary/aromatic N) is 1. The molecule has 0 bridgehead atoms. The van der Waals surface area contributed by atoms with E-state index in [-0.39, 0.29) is 5.91 Å². The van der Waals surface area contributed by atoms with Crippen LogP contribution in [0.3, 0.4) is 0 Å². The average molecular weight is 428 g/mol. The van der Waals surface area contributed by atoms with Gasteiger partial charge in [-0.2, -0.15) is 0 Å². The van der Waals surface area contributed by atoms with Crippen molar-refractivity contribution in [3.05, 3.63) is 78.2 Å². The topological polar surface area (TPSA) is 73.6 Å². The Morgan fingerprint density at radius 1 is 1.00 bits per heavy atom. The Bertz CT molecular complexity index is 1320. The molecular weight excluding hydrogens is 404 g/mol. The highest BCUT2D eigenvalue weighted by molar-refractivity contribution is 6.05. The minimum Gasteiger partial charge on any atom is -0.496 e. The quantitative estimate of drug-likeness (QED) is 0.389. The molecule has 6 nitrogen and oxygen atoms in total. The van der Waals surface area contributed by atoms with Crippen LogP contribution in [0.25, 0.3) is 27.7 Å². The smallest absolute Gasteiger partial charge is 0.249 e. The number of aryl methyl sites for hydroxylation is 1. The molecule has 32 heavy (non-hydrogen) atoms. The fraction of sp³-hybridized carbons (Fsp3) is 0.154. The number of carbonyl (C=O) groups is 1. The third kappa shape index (κ3) is 4.21. The van der Waals surface area contributed by atoms with E-state index >= 15 is 0 Å². The van der Waals surface area contributed by atoms with E-state index in [9.17, 15) is 4.79 Å². The lowest BCUT2D eigenvalue weighted by atomic mass is 9.99. The van der Waals surface area contributed by atoms with Crippen LogP contribution in [0.1, 0.15) is 18.2 Å². The summed E-state index contributed by atoms with van der Waals surface area (Å²) in [6.45, 7) is 3.75. The molecule has 0 fully saturated rings. The van der Waals surface area contributed by atoms with E-state index in [1.807, 2.05) is 62.4 Å². The van der Waals surface area contributed by atoms with Gasteiger partial charge in [0.1, 0.15) is 22.9 Å². The summed E-state index contributed by atoms with van der Waals surface area (Å²) in [7, 11) is 3.24. The number of fused-ring (bicyclic) bond motifs is 1. The highest BCUT2D eigenvalue weighted by Crippen LogP contribution is 2.40. The van der Waals surface area contributed by atoms with E-state index in [0.717, 1.165) is 39.1 Å². The molecule has 0 radical (unpaired) electrons.